The minimum Gasteiger partial charge on any atom is -0.434 e. The number of ether oxygens (including phenoxy) is 1. The summed E-state index contributed by atoms with van der Waals surface area (Å²) in [6, 6.07) is 4.78. The maximum atomic E-state index is 12.7. The second-order valence-corrected chi connectivity index (χ2v) is 7.61. The van der Waals surface area contributed by atoms with Crippen LogP contribution in [0, 0.1) is 0 Å². The summed E-state index contributed by atoms with van der Waals surface area (Å²) in [5.41, 5.74) is 0.870. The van der Waals surface area contributed by atoms with Gasteiger partial charge in [-0.1, -0.05) is 31.4 Å². The Labute approximate surface area is 158 Å². The fraction of sp³-hybridized carbons (Fsp3) is 0.650. The summed E-state index contributed by atoms with van der Waals surface area (Å²) in [5.74, 6) is 0.0383. The molecule has 2 N–H and O–H groups in total. The van der Waals surface area contributed by atoms with Gasteiger partial charge in [-0.2, -0.15) is 8.78 Å². The third-order valence-corrected chi connectivity index (χ3v) is 5.71. The fourth-order valence-corrected chi connectivity index (χ4v) is 4.30. The van der Waals surface area contributed by atoms with Gasteiger partial charge in [-0.3, -0.25) is 4.79 Å². The van der Waals surface area contributed by atoms with E-state index in [1.807, 2.05) is 13.0 Å². The molecule has 1 aromatic rings. The highest BCUT2D eigenvalue weighted by Gasteiger charge is 2.32. The van der Waals surface area contributed by atoms with Gasteiger partial charge in [0.05, 0.1) is 18.2 Å². The number of amides is 1. The molecular formula is C20H28F2N2O3. The van der Waals surface area contributed by atoms with Crippen LogP contribution in [0.25, 0.3) is 0 Å². The number of aliphatic hydroxyl groups is 1. The number of nitrogens with one attached hydrogen (secondary N) is 1. The van der Waals surface area contributed by atoms with Gasteiger partial charge in [-0.15, -0.1) is 0 Å². The molecule has 1 fully saturated rings. The average Bonchev–Trinajstić information content (AvgIpc) is 2.62. The molecule has 0 saturated heterocycles. The largest absolute Gasteiger partial charge is 0.434 e. The Hall–Kier alpha value is -1.73. The molecular weight excluding hydrogens is 354 g/mol. The van der Waals surface area contributed by atoms with Crippen LogP contribution >= 0.6 is 0 Å². The maximum Gasteiger partial charge on any atom is 0.387 e. The van der Waals surface area contributed by atoms with Gasteiger partial charge in [0.1, 0.15) is 5.75 Å². The van der Waals surface area contributed by atoms with E-state index in [1.54, 1.807) is 11.0 Å². The van der Waals surface area contributed by atoms with Crippen LogP contribution in [0.15, 0.2) is 18.2 Å². The zero-order chi connectivity index (χ0) is 19.4. The van der Waals surface area contributed by atoms with Crippen molar-refractivity contribution >= 4 is 5.91 Å². The number of hydrogen-bond donors (Lipinski definition) is 2. The van der Waals surface area contributed by atoms with E-state index in [9.17, 15) is 18.7 Å². The molecule has 1 heterocycles. The van der Waals surface area contributed by atoms with E-state index in [0.29, 0.717) is 25.1 Å². The number of benzene rings is 1. The van der Waals surface area contributed by atoms with E-state index in [-0.39, 0.29) is 24.2 Å². The minimum absolute atomic E-state index is 0.0978. The number of nitrogens with zero attached hydrogens (tertiary/aromatic N) is 1. The lowest BCUT2D eigenvalue weighted by Crippen LogP contribution is -2.47. The van der Waals surface area contributed by atoms with E-state index in [1.165, 1.54) is 6.07 Å². The molecule has 1 amide bonds. The van der Waals surface area contributed by atoms with Crippen molar-refractivity contribution in [2.45, 2.75) is 63.7 Å². The molecule has 7 heteroatoms. The smallest absolute Gasteiger partial charge is 0.387 e. The van der Waals surface area contributed by atoms with E-state index in [2.05, 4.69) is 10.1 Å². The summed E-state index contributed by atoms with van der Waals surface area (Å²) in [6.45, 7) is 0.00425. The third-order valence-electron chi connectivity index (χ3n) is 5.71. The number of carbonyl (C=O) groups is 1. The van der Waals surface area contributed by atoms with Gasteiger partial charge in [0.2, 0.25) is 5.91 Å². The molecule has 27 heavy (non-hydrogen) atoms. The van der Waals surface area contributed by atoms with Gasteiger partial charge in [0.15, 0.2) is 0 Å². The van der Waals surface area contributed by atoms with Gasteiger partial charge in [0, 0.05) is 18.7 Å². The molecule has 0 bridgehead atoms. The van der Waals surface area contributed by atoms with Crippen LogP contribution in [0.4, 0.5) is 8.78 Å². The first-order valence-corrected chi connectivity index (χ1v) is 9.69. The molecule has 1 aliphatic heterocycles. The second-order valence-electron chi connectivity index (χ2n) is 7.61. The van der Waals surface area contributed by atoms with Crippen molar-refractivity contribution in [1.29, 1.82) is 0 Å². The Morgan fingerprint density at radius 3 is 2.81 bits per heavy atom. The zero-order valence-corrected chi connectivity index (χ0v) is 15.7. The van der Waals surface area contributed by atoms with E-state index >= 15 is 0 Å². The van der Waals surface area contributed by atoms with Crippen LogP contribution in [0.1, 0.15) is 56.2 Å². The van der Waals surface area contributed by atoms with Crippen molar-refractivity contribution in [2.24, 2.45) is 0 Å². The fourth-order valence-electron chi connectivity index (χ4n) is 4.30. The van der Waals surface area contributed by atoms with Gasteiger partial charge in [-0.25, -0.2) is 0 Å². The van der Waals surface area contributed by atoms with Crippen molar-refractivity contribution < 1.29 is 23.4 Å². The Morgan fingerprint density at radius 1 is 1.37 bits per heavy atom. The summed E-state index contributed by atoms with van der Waals surface area (Å²) in [5, 5.41) is 13.6. The molecule has 2 aliphatic rings. The SMILES string of the molecule is C[C@H]1c2c(cccc2OC(F)F)CCN1C(=O)CNCC1(O)CCCCC1. The molecule has 3 rings (SSSR count). The Morgan fingerprint density at radius 2 is 2.11 bits per heavy atom. The number of fused-ring (bicyclic) bond motifs is 1. The first-order chi connectivity index (χ1) is 12.9. The van der Waals surface area contributed by atoms with Crippen molar-refractivity contribution in [3.05, 3.63) is 29.3 Å². The Bertz CT molecular complexity index is 663. The number of halogens is 2. The van der Waals surface area contributed by atoms with E-state index in [4.69, 9.17) is 0 Å². The Balaban J connectivity index is 1.62. The molecule has 1 aromatic carbocycles. The van der Waals surface area contributed by atoms with E-state index in [0.717, 1.165) is 37.7 Å². The van der Waals surface area contributed by atoms with Crippen LogP contribution in [0.2, 0.25) is 0 Å². The molecule has 1 saturated carbocycles. The Kier molecular flexibility index (Phi) is 6.32. The van der Waals surface area contributed by atoms with Crippen molar-refractivity contribution in [3.63, 3.8) is 0 Å². The molecule has 5 nitrogen and oxygen atoms in total. The first-order valence-electron chi connectivity index (χ1n) is 9.69. The van der Waals surface area contributed by atoms with Crippen LogP contribution in [0.3, 0.4) is 0 Å². The normalized spacial score (nSPS) is 21.8. The lowest BCUT2D eigenvalue weighted by Gasteiger charge is -2.37. The number of carbonyl (C=O) groups excluding carboxylic acids is 1. The quantitative estimate of drug-likeness (QED) is 0.794. The molecule has 0 unspecified atom stereocenters. The zero-order valence-electron chi connectivity index (χ0n) is 15.7. The number of rotatable bonds is 6. The summed E-state index contributed by atoms with van der Waals surface area (Å²) >= 11 is 0. The molecule has 1 aliphatic carbocycles. The van der Waals surface area contributed by atoms with Gasteiger partial charge in [-0.05, 0) is 37.8 Å². The number of alkyl halides is 2. The van der Waals surface area contributed by atoms with Crippen LogP contribution in [0.5, 0.6) is 5.75 Å². The predicted octanol–water partition coefficient (Wildman–Crippen LogP) is 3.02. The van der Waals surface area contributed by atoms with Crippen LogP contribution in [-0.4, -0.2) is 47.8 Å². The minimum atomic E-state index is -2.90. The predicted molar refractivity (Wildman–Crippen MR) is 97.8 cm³/mol. The van der Waals surface area contributed by atoms with Crippen LogP contribution < -0.4 is 10.1 Å². The van der Waals surface area contributed by atoms with Gasteiger partial charge >= 0.3 is 6.61 Å². The molecule has 150 valence electrons. The lowest BCUT2D eigenvalue weighted by atomic mass is 9.85. The van der Waals surface area contributed by atoms with Crippen LogP contribution in [-0.2, 0) is 11.2 Å². The molecule has 0 radical (unpaired) electrons. The topological polar surface area (TPSA) is 61.8 Å². The van der Waals surface area contributed by atoms with Gasteiger partial charge in [0.25, 0.3) is 0 Å². The van der Waals surface area contributed by atoms with Crippen molar-refractivity contribution in [2.75, 3.05) is 19.6 Å². The second kappa shape index (κ2) is 8.52. The molecule has 0 spiro atoms. The lowest BCUT2D eigenvalue weighted by molar-refractivity contribution is -0.133. The summed E-state index contributed by atoms with van der Waals surface area (Å²) in [7, 11) is 0. The highest BCUT2D eigenvalue weighted by Crippen LogP contribution is 2.37. The van der Waals surface area contributed by atoms with Gasteiger partial charge < -0.3 is 20.1 Å². The summed E-state index contributed by atoms with van der Waals surface area (Å²) < 4.78 is 30.1. The molecule has 0 aromatic heterocycles. The highest BCUT2D eigenvalue weighted by molar-refractivity contribution is 5.79. The first kappa shape index (κ1) is 20.0. The van der Waals surface area contributed by atoms with Crippen molar-refractivity contribution in [1.82, 2.24) is 10.2 Å². The van der Waals surface area contributed by atoms with Crippen molar-refractivity contribution in [3.8, 4) is 5.75 Å². The number of hydrogen-bond acceptors (Lipinski definition) is 4. The molecule has 1 atom stereocenters. The standard InChI is InChI=1S/C20H28F2N2O3/c1-14-18-15(6-5-7-16(18)27-19(21)22)8-11-24(14)17(25)12-23-13-20(26)9-3-2-4-10-20/h5-7,14,19,23,26H,2-4,8-13H2,1H3/t14-/m0/s1. The summed E-state index contributed by atoms with van der Waals surface area (Å²) in [6.07, 6.45) is 5.30. The average molecular weight is 382 g/mol. The monoisotopic (exact) mass is 382 g/mol. The maximum absolute atomic E-state index is 12.7. The third kappa shape index (κ3) is 4.76. The van der Waals surface area contributed by atoms with E-state index < -0.39 is 12.2 Å². The highest BCUT2D eigenvalue weighted by atomic mass is 19.3. The summed E-state index contributed by atoms with van der Waals surface area (Å²) in [4.78, 5) is 14.4.